The van der Waals surface area contributed by atoms with Gasteiger partial charge in [-0.05, 0) is 82.3 Å². The summed E-state index contributed by atoms with van der Waals surface area (Å²) in [5.74, 6) is -3.53. The molecule has 12 nitrogen and oxygen atoms in total. The molecule has 3 heterocycles. The Kier molecular flexibility index (Phi) is 9.92. The molecule has 1 aliphatic rings. The fraction of sp³-hybridized carbons (Fsp3) is 0.235. The van der Waals surface area contributed by atoms with Gasteiger partial charge in [0.15, 0.2) is 11.6 Å². The average Bonchev–Trinajstić information content (AvgIpc) is 3.03. The summed E-state index contributed by atoms with van der Waals surface area (Å²) in [6.45, 7) is 7.02. The van der Waals surface area contributed by atoms with Crippen molar-refractivity contribution in [3.05, 3.63) is 96.3 Å². The Balaban J connectivity index is 1.25. The number of ether oxygens (including phenoxy) is 1. The maximum absolute atomic E-state index is 15.2. The van der Waals surface area contributed by atoms with Crippen molar-refractivity contribution >= 4 is 46.8 Å². The van der Waals surface area contributed by atoms with Crippen LogP contribution in [0.5, 0.6) is 11.5 Å². The first-order valence-electron chi connectivity index (χ1n) is 15.1. The Bertz CT molecular complexity index is 1830. The van der Waals surface area contributed by atoms with Gasteiger partial charge in [0.1, 0.15) is 29.1 Å². The van der Waals surface area contributed by atoms with Crippen molar-refractivity contribution in [2.24, 2.45) is 5.92 Å². The summed E-state index contributed by atoms with van der Waals surface area (Å²) in [5, 5.41) is 8.34. The molecule has 2 aromatic heterocycles. The van der Waals surface area contributed by atoms with Crippen molar-refractivity contribution < 1.29 is 32.7 Å². The maximum Gasteiger partial charge on any atom is 0.331 e. The molecule has 5 amide bonds. The second-order valence-corrected chi connectivity index (χ2v) is 11.5. The summed E-state index contributed by atoms with van der Waals surface area (Å²) in [6, 6.07) is 13.9. The molecule has 1 fully saturated rings. The normalized spacial score (nSPS) is 14.7. The number of rotatable bonds is 10. The second-order valence-electron chi connectivity index (χ2n) is 11.5. The third-order valence-electron chi connectivity index (χ3n) is 7.22. The van der Waals surface area contributed by atoms with Crippen LogP contribution in [0.25, 0.3) is 0 Å². The second kappa shape index (κ2) is 14.2. The van der Waals surface area contributed by atoms with Crippen molar-refractivity contribution in [3.8, 4) is 11.5 Å². The number of nitrogens with zero attached hydrogens (tertiary/aromatic N) is 4. The minimum atomic E-state index is -1.31. The number of nitrogens with one attached hydrogen (secondary N) is 3. The summed E-state index contributed by atoms with van der Waals surface area (Å²) in [6.07, 6.45) is 2.89. The highest BCUT2D eigenvalue weighted by molar-refractivity contribution is 6.23. The van der Waals surface area contributed by atoms with E-state index in [1.54, 1.807) is 26.0 Å². The number of hydrogen-bond donors (Lipinski definition) is 3. The number of carbonyl (C=O) groups is 4. The molecular formula is C34H33F2N7O5. The van der Waals surface area contributed by atoms with Crippen molar-refractivity contribution in [1.82, 2.24) is 20.2 Å². The summed E-state index contributed by atoms with van der Waals surface area (Å²) >= 11 is 0. The lowest BCUT2D eigenvalue weighted by molar-refractivity contribution is -0.132. The highest BCUT2D eigenvalue weighted by Crippen LogP contribution is 2.30. The standard InChI is InChI=1S/C34H33F2N7O5/c1-19(2)39-31(44)21-5-12-29(38-17-21)41-30-16-25(13-14-37-30)48-28-11-8-23(15-27(28)36)40-32(45)26-18-42(20(3)4)34(47)43(33(26)46)24-9-6-22(35)7-10-24/h5-17,19-20,26H,18H2,1-4H3,(H,39,44)(H,40,45)(H,37,38,41). The largest absolute Gasteiger partial charge is 0.454 e. The number of halogens is 2. The Hall–Kier alpha value is -5.92. The quantitative estimate of drug-likeness (QED) is 0.180. The van der Waals surface area contributed by atoms with E-state index < -0.39 is 35.4 Å². The predicted octanol–water partition coefficient (Wildman–Crippen LogP) is 5.86. The third kappa shape index (κ3) is 7.71. The van der Waals surface area contributed by atoms with Crippen LogP contribution in [0.4, 0.5) is 36.6 Å². The van der Waals surface area contributed by atoms with Crippen LogP contribution in [0.15, 0.2) is 79.1 Å². The summed E-state index contributed by atoms with van der Waals surface area (Å²) < 4.78 is 34.4. The van der Waals surface area contributed by atoms with Crippen LogP contribution >= 0.6 is 0 Å². The number of imide groups is 1. The molecule has 14 heteroatoms. The number of carbonyl (C=O) groups excluding carboxylic acids is 4. The number of aromatic nitrogens is 2. The van der Waals surface area contributed by atoms with Crippen LogP contribution in [0.2, 0.25) is 0 Å². The number of pyridine rings is 2. The first kappa shape index (κ1) is 33.4. The predicted molar refractivity (Wildman–Crippen MR) is 174 cm³/mol. The number of anilines is 4. The summed E-state index contributed by atoms with van der Waals surface area (Å²) in [7, 11) is 0. The monoisotopic (exact) mass is 657 g/mol. The lowest BCUT2D eigenvalue weighted by atomic mass is 10.0. The van der Waals surface area contributed by atoms with E-state index in [1.165, 1.54) is 53.7 Å². The molecule has 5 rings (SSSR count). The van der Waals surface area contributed by atoms with Gasteiger partial charge in [0.2, 0.25) is 11.8 Å². The number of urea groups is 1. The van der Waals surface area contributed by atoms with Crippen molar-refractivity contribution in [2.45, 2.75) is 39.8 Å². The van der Waals surface area contributed by atoms with Gasteiger partial charge in [-0.2, -0.15) is 0 Å². The molecular weight excluding hydrogens is 624 g/mol. The lowest BCUT2D eigenvalue weighted by Crippen LogP contribution is -2.61. The molecule has 0 bridgehead atoms. The molecule has 0 radical (unpaired) electrons. The maximum atomic E-state index is 15.2. The van der Waals surface area contributed by atoms with Crippen molar-refractivity contribution in [2.75, 3.05) is 22.1 Å². The number of amides is 5. The molecule has 0 aliphatic carbocycles. The van der Waals surface area contributed by atoms with Gasteiger partial charge in [-0.15, -0.1) is 0 Å². The fourth-order valence-corrected chi connectivity index (χ4v) is 4.83. The van der Waals surface area contributed by atoms with Gasteiger partial charge in [-0.25, -0.2) is 28.4 Å². The molecule has 0 spiro atoms. The van der Waals surface area contributed by atoms with E-state index in [2.05, 4.69) is 25.9 Å². The van der Waals surface area contributed by atoms with Gasteiger partial charge in [0.25, 0.3) is 5.91 Å². The van der Waals surface area contributed by atoms with Gasteiger partial charge < -0.3 is 25.6 Å². The Morgan fingerprint density at radius 2 is 1.67 bits per heavy atom. The SMILES string of the molecule is CC(C)NC(=O)c1ccc(Nc2cc(Oc3ccc(NC(=O)C4CN(C(C)C)C(=O)N(c5ccc(F)cc5)C4=O)cc3F)ccn2)nc1. The Labute approximate surface area is 275 Å². The van der Waals surface area contributed by atoms with Crippen LogP contribution in [0.3, 0.4) is 0 Å². The van der Waals surface area contributed by atoms with Crippen LogP contribution < -0.4 is 25.6 Å². The fourth-order valence-electron chi connectivity index (χ4n) is 4.83. The third-order valence-corrected chi connectivity index (χ3v) is 7.22. The number of hydrogen-bond acceptors (Lipinski definition) is 8. The van der Waals surface area contributed by atoms with E-state index in [1.807, 2.05) is 13.8 Å². The molecule has 248 valence electrons. The summed E-state index contributed by atoms with van der Waals surface area (Å²) in [4.78, 5) is 62.6. The van der Waals surface area contributed by atoms with Gasteiger partial charge in [-0.1, -0.05) is 0 Å². The number of benzene rings is 2. The smallest absolute Gasteiger partial charge is 0.331 e. The van der Waals surface area contributed by atoms with Gasteiger partial charge in [0.05, 0.1) is 11.3 Å². The Morgan fingerprint density at radius 3 is 2.31 bits per heavy atom. The molecule has 1 unspecified atom stereocenters. The van der Waals surface area contributed by atoms with Gasteiger partial charge in [-0.3, -0.25) is 14.4 Å². The molecule has 1 atom stereocenters. The molecule has 0 saturated carbocycles. The lowest BCUT2D eigenvalue weighted by Gasteiger charge is -2.39. The topological polar surface area (TPSA) is 146 Å². The van der Waals surface area contributed by atoms with E-state index in [9.17, 15) is 23.6 Å². The first-order valence-corrected chi connectivity index (χ1v) is 15.1. The van der Waals surface area contributed by atoms with Gasteiger partial charge in [0, 0.05) is 48.8 Å². The highest BCUT2D eigenvalue weighted by Gasteiger charge is 2.44. The van der Waals surface area contributed by atoms with Crippen LogP contribution in [-0.4, -0.2) is 57.2 Å². The van der Waals surface area contributed by atoms with E-state index in [-0.39, 0.29) is 47.4 Å². The van der Waals surface area contributed by atoms with E-state index in [0.29, 0.717) is 17.2 Å². The first-order chi connectivity index (χ1) is 22.9. The minimum absolute atomic E-state index is 0.0139. The molecule has 1 saturated heterocycles. The van der Waals surface area contributed by atoms with E-state index in [4.69, 9.17) is 4.74 Å². The van der Waals surface area contributed by atoms with E-state index in [0.717, 1.165) is 23.1 Å². The average molecular weight is 658 g/mol. The van der Waals surface area contributed by atoms with Crippen LogP contribution in [-0.2, 0) is 9.59 Å². The molecule has 4 aromatic rings. The molecule has 1 aliphatic heterocycles. The molecule has 2 aromatic carbocycles. The van der Waals surface area contributed by atoms with E-state index >= 15 is 4.39 Å². The zero-order chi connectivity index (χ0) is 34.5. The van der Waals surface area contributed by atoms with Crippen molar-refractivity contribution in [3.63, 3.8) is 0 Å². The zero-order valence-corrected chi connectivity index (χ0v) is 26.5. The Morgan fingerprint density at radius 1 is 0.917 bits per heavy atom. The summed E-state index contributed by atoms with van der Waals surface area (Å²) in [5.41, 5.74) is 0.587. The molecule has 3 N–H and O–H groups in total. The van der Waals surface area contributed by atoms with Crippen LogP contribution in [0, 0.1) is 17.6 Å². The highest BCUT2D eigenvalue weighted by atomic mass is 19.1. The van der Waals surface area contributed by atoms with Crippen LogP contribution in [0.1, 0.15) is 38.1 Å². The molecule has 48 heavy (non-hydrogen) atoms. The minimum Gasteiger partial charge on any atom is -0.454 e. The van der Waals surface area contributed by atoms with Crippen molar-refractivity contribution in [1.29, 1.82) is 0 Å². The van der Waals surface area contributed by atoms with Gasteiger partial charge >= 0.3 is 6.03 Å². The zero-order valence-electron chi connectivity index (χ0n) is 26.5.